The molecule has 0 saturated carbocycles. The lowest BCUT2D eigenvalue weighted by molar-refractivity contribution is -0.151. The van der Waals surface area contributed by atoms with Crippen LogP contribution in [0, 0.1) is 0 Å². The summed E-state index contributed by atoms with van der Waals surface area (Å²) in [6, 6.07) is -0.699. The van der Waals surface area contributed by atoms with Crippen molar-refractivity contribution in [3.05, 3.63) is 36.5 Å². The maximum Gasteiger partial charge on any atom is 0.306 e. The van der Waals surface area contributed by atoms with Gasteiger partial charge in [-0.05, 0) is 57.8 Å². The van der Waals surface area contributed by atoms with E-state index in [-0.39, 0.29) is 24.9 Å². The van der Waals surface area contributed by atoms with E-state index in [0.717, 1.165) is 77.0 Å². The van der Waals surface area contributed by atoms with Crippen LogP contribution in [0.25, 0.3) is 0 Å². The number of rotatable bonds is 45. The van der Waals surface area contributed by atoms with E-state index in [4.69, 9.17) is 4.74 Å². The Morgan fingerprint density at radius 3 is 1.41 bits per heavy atom. The normalized spacial score (nSPS) is 13.5. The van der Waals surface area contributed by atoms with Gasteiger partial charge in [-0.15, -0.1) is 0 Å². The zero-order chi connectivity index (χ0) is 42.4. The fourth-order valence-corrected chi connectivity index (χ4v) is 7.68. The van der Waals surface area contributed by atoms with Gasteiger partial charge in [0.2, 0.25) is 5.91 Å². The number of carbonyl (C=O) groups is 2. The monoisotopic (exact) mass is 816 g/mol. The highest BCUT2D eigenvalue weighted by Crippen LogP contribution is 2.18. The first-order chi connectivity index (χ1) is 28.5. The van der Waals surface area contributed by atoms with Gasteiger partial charge < -0.3 is 20.3 Å². The molecule has 0 spiro atoms. The van der Waals surface area contributed by atoms with Gasteiger partial charge in [-0.25, -0.2) is 0 Å². The summed E-state index contributed by atoms with van der Waals surface area (Å²) in [5.41, 5.74) is 0. The van der Waals surface area contributed by atoms with Crippen molar-refractivity contribution in [1.29, 1.82) is 0 Å². The zero-order valence-electron chi connectivity index (χ0n) is 38.7. The van der Waals surface area contributed by atoms with Gasteiger partial charge in [-0.3, -0.25) is 9.59 Å². The molecule has 0 aromatic carbocycles. The Balaban J connectivity index is 4.36. The number of ether oxygens (including phenoxy) is 1. The predicted octanol–water partition coefficient (Wildman–Crippen LogP) is 14.9. The number of nitrogens with one attached hydrogen (secondary N) is 1. The molecule has 6 heteroatoms. The van der Waals surface area contributed by atoms with Crippen LogP contribution in [0.5, 0.6) is 0 Å². The number of unbranched alkanes of at least 4 members (excludes halogenated alkanes) is 27. The first-order valence-corrected chi connectivity index (χ1v) is 25.2. The first-order valence-electron chi connectivity index (χ1n) is 25.2. The van der Waals surface area contributed by atoms with Crippen molar-refractivity contribution in [2.75, 3.05) is 6.61 Å². The summed E-state index contributed by atoms with van der Waals surface area (Å²) in [4.78, 5) is 26.0. The zero-order valence-corrected chi connectivity index (χ0v) is 38.7. The van der Waals surface area contributed by atoms with E-state index in [1.165, 1.54) is 135 Å². The summed E-state index contributed by atoms with van der Waals surface area (Å²) in [5, 5.41) is 23.7. The maximum atomic E-state index is 13.1. The van der Waals surface area contributed by atoms with Gasteiger partial charge in [0.05, 0.1) is 25.2 Å². The van der Waals surface area contributed by atoms with Crippen molar-refractivity contribution >= 4 is 11.9 Å². The molecule has 0 aromatic rings. The standard InChI is InChI=1S/C52H97NO5/c1-4-7-10-13-16-18-20-22-24-26-28-30-32-35-38-41-44-50(55)49(47-54)53-51(56)46-48(43-40-37-34-15-12-9-6-3)58-52(57)45-42-39-36-33-31-29-27-25-23-21-19-17-14-11-8-5-2/h8,11,17,19,23,25,48-50,54-55H,4-7,9-10,12-16,18,20-22,24,26-47H2,1-3H3,(H,53,56)/b11-8+,19-17+,25-23+. The largest absolute Gasteiger partial charge is 0.462 e. The van der Waals surface area contributed by atoms with E-state index in [0.29, 0.717) is 19.3 Å². The van der Waals surface area contributed by atoms with Crippen LogP contribution in [0.1, 0.15) is 258 Å². The SMILES string of the molecule is CC/C=C/C/C=C/C/C=C/CCCCCCCCC(=O)OC(CCCCCCCCC)CC(=O)NC(CO)C(O)CCCCCCCCCCCCCCCCCC. The minimum atomic E-state index is -0.786. The Hall–Kier alpha value is -1.92. The van der Waals surface area contributed by atoms with E-state index in [1.807, 2.05) is 0 Å². The fourth-order valence-electron chi connectivity index (χ4n) is 7.68. The topological polar surface area (TPSA) is 95.9 Å². The Morgan fingerprint density at radius 2 is 0.931 bits per heavy atom. The van der Waals surface area contributed by atoms with Crippen LogP contribution in [0.2, 0.25) is 0 Å². The predicted molar refractivity (Wildman–Crippen MR) is 250 cm³/mol. The van der Waals surface area contributed by atoms with E-state index >= 15 is 0 Å². The molecule has 340 valence electrons. The molecular formula is C52H97NO5. The molecule has 3 N–H and O–H groups in total. The molecule has 3 unspecified atom stereocenters. The Labute approximate surface area is 360 Å². The van der Waals surface area contributed by atoms with Crippen LogP contribution in [0.15, 0.2) is 36.5 Å². The summed E-state index contributed by atoms with van der Waals surface area (Å²) < 4.78 is 5.89. The molecule has 1 amide bonds. The fraction of sp³-hybridized carbons (Fsp3) is 0.846. The lowest BCUT2D eigenvalue weighted by Crippen LogP contribution is -2.46. The molecule has 0 bridgehead atoms. The second-order valence-corrected chi connectivity index (χ2v) is 17.2. The van der Waals surface area contributed by atoms with Crippen molar-refractivity contribution in [3.63, 3.8) is 0 Å². The third kappa shape index (κ3) is 40.8. The number of aliphatic hydroxyl groups excluding tert-OH is 2. The second-order valence-electron chi connectivity index (χ2n) is 17.2. The molecule has 0 fully saturated rings. The maximum absolute atomic E-state index is 13.1. The summed E-state index contributed by atoms with van der Waals surface area (Å²) in [7, 11) is 0. The molecule has 3 atom stereocenters. The minimum absolute atomic E-state index is 0.0743. The number of amides is 1. The average molecular weight is 816 g/mol. The number of esters is 1. The highest BCUT2D eigenvalue weighted by Gasteiger charge is 2.24. The Morgan fingerprint density at radius 1 is 0.517 bits per heavy atom. The van der Waals surface area contributed by atoms with Crippen LogP contribution in [-0.4, -0.2) is 46.9 Å². The summed E-state index contributed by atoms with van der Waals surface area (Å²) in [5.74, 6) is -0.486. The third-order valence-electron chi connectivity index (χ3n) is 11.5. The molecule has 6 nitrogen and oxygen atoms in total. The van der Waals surface area contributed by atoms with E-state index in [9.17, 15) is 19.8 Å². The third-order valence-corrected chi connectivity index (χ3v) is 11.5. The number of allylic oxidation sites excluding steroid dienone is 6. The molecular weight excluding hydrogens is 719 g/mol. The van der Waals surface area contributed by atoms with Crippen molar-refractivity contribution in [2.45, 2.75) is 277 Å². The van der Waals surface area contributed by atoms with Crippen molar-refractivity contribution in [2.24, 2.45) is 0 Å². The van der Waals surface area contributed by atoms with Crippen LogP contribution in [0.4, 0.5) is 0 Å². The molecule has 0 aliphatic heterocycles. The molecule has 0 rings (SSSR count). The van der Waals surface area contributed by atoms with E-state index < -0.39 is 18.2 Å². The quantitative estimate of drug-likeness (QED) is 0.0323. The Bertz CT molecular complexity index is 961. The first kappa shape index (κ1) is 56.1. The highest BCUT2D eigenvalue weighted by atomic mass is 16.5. The molecule has 0 heterocycles. The van der Waals surface area contributed by atoms with Gasteiger partial charge in [0.25, 0.3) is 0 Å². The molecule has 0 radical (unpaired) electrons. The summed E-state index contributed by atoms with van der Waals surface area (Å²) >= 11 is 0. The van der Waals surface area contributed by atoms with E-state index in [1.54, 1.807) is 0 Å². The molecule has 0 saturated heterocycles. The van der Waals surface area contributed by atoms with Crippen LogP contribution in [0.3, 0.4) is 0 Å². The smallest absolute Gasteiger partial charge is 0.306 e. The van der Waals surface area contributed by atoms with Crippen molar-refractivity contribution < 1.29 is 24.5 Å². The Kier molecular flexibility index (Phi) is 44.6. The van der Waals surface area contributed by atoms with Crippen molar-refractivity contribution in [1.82, 2.24) is 5.32 Å². The lowest BCUT2D eigenvalue weighted by atomic mass is 10.0. The van der Waals surface area contributed by atoms with Crippen LogP contribution >= 0.6 is 0 Å². The molecule has 0 aliphatic rings. The minimum Gasteiger partial charge on any atom is -0.462 e. The molecule has 0 aromatic heterocycles. The van der Waals surface area contributed by atoms with E-state index in [2.05, 4.69) is 62.5 Å². The second kappa shape index (κ2) is 46.2. The highest BCUT2D eigenvalue weighted by molar-refractivity contribution is 5.77. The number of hydrogen-bond acceptors (Lipinski definition) is 5. The van der Waals surface area contributed by atoms with Crippen LogP contribution < -0.4 is 5.32 Å². The average Bonchev–Trinajstić information content (AvgIpc) is 3.21. The lowest BCUT2D eigenvalue weighted by Gasteiger charge is -2.24. The number of carbonyl (C=O) groups excluding carboxylic acids is 2. The van der Waals surface area contributed by atoms with Gasteiger partial charge in [0.15, 0.2) is 0 Å². The number of hydrogen-bond donors (Lipinski definition) is 3. The summed E-state index contributed by atoms with van der Waals surface area (Å²) in [6.45, 7) is 6.35. The molecule has 58 heavy (non-hydrogen) atoms. The summed E-state index contributed by atoms with van der Waals surface area (Å²) in [6.07, 6.45) is 53.6. The van der Waals surface area contributed by atoms with Crippen molar-refractivity contribution in [3.8, 4) is 0 Å². The van der Waals surface area contributed by atoms with Crippen LogP contribution in [-0.2, 0) is 14.3 Å². The van der Waals surface area contributed by atoms with Gasteiger partial charge in [0, 0.05) is 6.42 Å². The van der Waals surface area contributed by atoms with Gasteiger partial charge in [-0.1, -0.05) is 224 Å². The van der Waals surface area contributed by atoms with Gasteiger partial charge in [-0.2, -0.15) is 0 Å². The number of aliphatic hydroxyl groups is 2. The molecule has 0 aliphatic carbocycles. The van der Waals surface area contributed by atoms with Gasteiger partial charge in [0.1, 0.15) is 6.10 Å². The van der Waals surface area contributed by atoms with Gasteiger partial charge >= 0.3 is 5.97 Å².